The average Bonchev–Trinajstić information content (AvgIpc) is 2.81. The van der Waals surface area contributed by atoms with Crippen LogP contribution >= 0.6 is 24.0 Å². The zero-order valence-electron chi connectivity index (χ0n) is 13.5. The van der Waals surface area contributed by atoms with Crippen molar-refractivity contribution in [3.8, 4) is 0 Å². The molecule has 0 aromatic carbocycles. The molecule has 0 aliphatic carbocycles. The van der Waals surface area contributed by atoms with Gasteiger partial charge in [-0.2, -0.15) is 0 Å². The Morgan fingerprint density at radius 3 is 2.60 bits per heavy atom. The fourth-order valence-electron chi connectivity index (χ4n) is 2.51. The third-order valence-corrected chi connectivity index (χ3v) is 3.80. The van der Waals surface area contributed by atoms with Crippen molar-refractivity contribution in [1.82, 2.24) is 15.5 Å². The Hall–Kier alpha value is -0.0400. The molecule has 4 nitrogen and oxygen atoms in total. The molecule has 1 fully saturated rings. The lowest BCUT2D eigenvalue weighted by atomic mass is 10.2. The lowest BCUT2D eigenvalue weighted by Gasteiger charge is -2.18. The van der Waals surface area contributed by atoms with Gasteiger partial charge < -0.3 is 15.5 Å². The quantitative estimate of drug-likeness (QED) is 0.287. The molecule has 1 aliphatic rings. The van der Waals surface area contributed by atoms with E-state index in [2.05, 4.69) is 36.4 Å². The molecule has 1 atom stereocenters. The summed E-state index contributed by atoms with van der Waals surface area (Å²) in [4.78, 5) is 7.14. The van der Waals surface area contributed by atoms with E-state index in [0.717, 1.165) is 25.6 Å². The van der Waals surface area contributed by atoms with E-state index >= 15 is 0 Å². The Bertz CT molecular complexity index is 258. The molecule has 0 amide bonds. The van der Waals surface area contributed by atoms with Crippen LogP contribution in [0.5, 0.6) is 0 Å². The smallest absolute Gasteiger partial charge is 0.191 e. The lowest BCUT2D eigenvalue weighted by molar-refractivity contribution is 0.317. The molecule has 5 heteroatoms. The highest BCUT2D eigenvalue weighted by atomic mass is 127. The van der Waals surface area contributed by atoms with Crippen LogP contribution in [0.2, 0.25) is 0 Å². The van der Waals surface area contributed by atoms with Gasteiger partial charge in [-0.1, -0.05) is 26.2 Å². The van der Waals surface area contributed by atoms with E-state index in [1.54, 1.807) is 0 Å². The van der Waals surface area contributed by atoms with E-state index < -0.39 is 0 Å². The van der Waals surface area contributed by atoms with Gasteiger partial charge >= 0.3 is 0 Å². The molecule has 1 aliphatic heterocycles. The Morgan fingerprint density at radius 2 is 2.00 bits per heavy atom. The number of aliphatic imine (C=N–C) groups is 1. The highest BCUT2D eigenvalue weighted by Crippen LogP contribution is 2.14. The van der Waals surface area contributed by atoms with Crippen molar-refractivity contribution in [3.63, 3.8) is 0 Å². The first-order valence-electron chi connectivity index (χ1n) is 8.00. The number of likely N-dealkylation sites (N-methyl/N-ethyl adjacent to an activating group) is 1. The van der Waals surface area contributed by atoms with E-state index in [-0.39, 0.29) is 24.0 Å². The first-order chi connectivity index (χ1) is 9.27. The fraction of sp³-hybridized carbons (Fsp3) is 0.933. The van der Waals surface area contributed by atoms with Gasteiger partial charge in [0.1, 0.15) is 0 Å². The molecule has 2 N–H and O–H groups in total. The minimum atomic E-state index is 0. The summed E-state index contributed by atoms with van der Waals surface area (Å²) in [5.41, 5.74) is 0. The zero-order chi connectivity index (χ0) is 13.9. The molecular formula is C15H33IN4. The summed E-state index contributed by atoms with van der Waals surface area (Å²) in [6, 6.07) is 0.635. The van der Waals surface area contributed by atoms with Gasteiger partial charge in [-0.25, -0.2) is 0 Å². The van der Waals surface area contributed by atoms with E-state index in [0.29, 0.717) is 6.04 Å². The number of hydrogen-bond donors (Lipinski definition) is 2. The van der Waals surface area contributed by atoms with Gasteiger partial charge in [0.05, 0.1) is 6.54 Å². The van der Waals surface area contributed by atoms with Crippen molar-refractivity contribution in [2.24, 2.45) is 4.99 Å². The van der Waals surface area contributed by atoms with Gasteiger partial charge in [-0.05, 0) is 39.8 Å². The predicted molar refractivity (Wildman–Crippen MR) is 99.2 cm³/mol. The third-order valence-electron chi connectivity index (χ3n) is 3.80. The first-order valence-corrected chi connectivity index (χ1v) is 8.00. The first kappa shape index (κ1) is 20.0. The van der Waals surface area contributed by atoms with E-state index in [1.807, 2.05) is 0 Å². The van der Waals surface area contributed by atoms with Crippen molar-refractivity contribution >= 4 is 29.9 Å². The van der Waals surface area contributed by atoms with Crippen molar-refractivity contribution in [1.29, 1.82) is 0 Å². The van der Waals surface area contributed by atoms with Crippen LogP contribution < -0.4 is 10.6 Å². The molecule has 1 heterocycles. The number of rotatable bonds is 8. The van der Waals surface area contributed by atoms with E-state index in [4.69, 9.17) is 4.99 Å². The average molecular weight is 396 g/mol. The molecule has 0 bridgehead atoms. The van der Waals surface area contributed by atoms with Crippen LogP contribution in [-0.4, -0.2) is 50.1 Å². The zero-order valence-corrected chi connectivity index (χ0v) is 15.8. The molecule has 0 aromatic heterocycles. The van der Waals surface area contributed by atoms with Crippen molar-refractivity contribution in [2.75, 3.05) is 33.2 Å². The second-order valence-corrected chi connectivity index (χ2v) is 5.48. The molecule has 120 valence electrons. The number of likely N-dealkylation sites (tertiary alicyclic amines) is 1. The maximum atomic E-state index is 4.72. The molecule has 0 radical (unpaired) electrons. The van der Waals surface area contributed by atoms with Gasteiger partial charge in [0.25, 0.3) is 0 Å². The molecule has 0 spiro atoms. The number of nitrogens with zero attached hydrogens (tertiary/aromatic N) is 2. The second kappa shape index (κ2) is 12.7. The minimum Gasteiger partial charge on any atom is -0.357 e. The third kappa shape index (κ3) is 8.29. The minimum absolute atomic E-state index is 0. The summed E-state index contributed by atoms with van der Waals surface area (Å²) in [5, 5.41) is 6.77. The fourth-order valence-corrected chi connectivity index (χ4v) is 2.51. The Morgan fingerprint density at radius 1 is 1.20 bits per heavy atom. The van der Waals surface area contributed by atoms with Crippen LogP contribution in [0.15, 0.2) is 4.99 Å². The largest absolute Gasteiger partial charge is 0.357 e. The standard InChI is InChI=1S/C15H32N4.HI/c1-4-6-7-8-11-17-15(16-5-2)18-13-14-10-9-12-19(14)3;/h14H,4-13H2,1-3H3,(H2,16,17,18);1H. The number of hydrogen-bond acceptors (Lipinski definition) is 2. The van der Waals surface area contributed by atoms with Crippen LogP contribution in [0.4, 0.5) is 0 Å². The van der Waals surface area contributed by atoms with Crippen molar-refractivity contribution in [3.05, 3.63) is 0 Å². The summed E-state index contributed by atoms with van der Waals surface area (Å²) < 4.78 is 0. The molecule has 0 aromatic rings. The van der Waals surface area contributed by atoms with Gasteiger partial charge in [0.15, 0.2) is 5.96 Å². The molecule has 20 heavy (non-hydrogen) atoms. The Kier molecular flexibility index (Phi) is 12.7. The lowest BCUT2D eigenvalue weighted by Crippen LogP contribution is -2.39. The van der Waals surface area contributed by atoms with Crippen LogP contribution in [0.3, 0.4) is 0 Å². The Labute approximate surface area is 142 Å². The monoisotopic (exact) mass is 396 g/mol. The van der Waals surface area contributed by atoms with Crippen LogP contribution in [0.1, 0.15) is 52.4 Å². The molecule has 1 unspecified atom stereocenters. The van der Waals surface area contributed by atoms with Gasteiger partial charge in [-0.15, -0.1) is 24.0 Å². The van der Waals surface area contributed by atoms with Crippen LogP contribution in [-0.2, 0) is 0 Å². The number of guanidine groups is 1. The summed E-state index contributed by atoms with van der Waals surface area (Å²) in [5.74, 6) is 0.985. The molecule has 1 rings (SSSR count). The normalized spacial score (nSPS) is 19.8. The van der Waals surface area contributed by atoms with Gasteiger partial charge in [-0.3, -0.25) is 4.99 Å². The Balaban J connectivity index is 0.00000361. The SMILES string of the molecule is CCCCCCNC(=NCC1CCCN1C)NCC.I. The summed E-state index contributed by atoms with van der Waals surface area (Å²) >= 11 is 0. The summed E-state index contributed by atoms with van der Waals surface area (Å²) in [6.45, 7) is 8.47. The van der Waals surface area contributed by atoms with E-state index in [9.17, 15) is 0 Å². The summed E-state index contributed by atoms with van der Waals surface area (Å²) in [7, 11) is 2.21. The predicted octanol–water partition coefficient (Wildman–Crippen LogP) is 2.83. The van der Waals surface area contributed by atoms with Crippen molar-refractivity contribution < 1.29 is 0 Å². The molecule has 1 saturated heterocycles. The van der Waals surface area contributed by atoms with Gasteiger partial charge in [0, 0.05) is 19.1 Å². The van der Waals surface area contributed by atoms with Crippen LogP contribution in [0.25, 0.3) is 0 Å². The maximum Gasteiger partial charge on any atom is 0.191 e. The second-order valence-electron chi connectivity index (χ2n) is 5.48. The van der Waals surface area contributed by atoms with Crippen LogP contribution in [0, 0.1) is 0 Å². The number of halogens is 1. The topological polar surface area (TPSA) is 39.7 Å². The van der Waals surface area contributed by atoms with E-state index in [1.165, 1.54) is 45.1 Å². The van der Waals surface area contributed by atoms with Crippen molar-refractivity contribution in [2.45, 2.75) is 58.4 Å². The molecular weight excluding hydrogens is 363 g/mol. The van der Waals surface area contributed by atoms with Gasteiger partial charge in [0.2, 0.25) is 0 Å². The number of unbranched alkanes of at least 4 members (excludes halogenated alkanes) is 3. The maximum absolute atomic E-state index is 4.72. The highest BCUT2D eigenvalue weighted by molar-refractivity contribution is 14.0. The number of nitrogens with one attached hydrogen (secondary N) is 2. The summed E-state index contributed by atoms with van der Waals surface area (Å²) in [6.07, 6.45) is 7.79. The molecule has 0 saturated carbocycles. The highest BCUT2D eigenvalue weighted by Gasteiger charge is 2.20.